The Morgan fingerprint density at radius 1 is 1.06 bits per heavy atom. The third-order valence-corrected chi connectivity index (χ3v) is 6.87. The van der Waals surface area contributed by atoms with Crippen LogP contribution in [0.3, 0.4) is 0 Å². The van der Waals surface area contributed by atoms with Crippen molar-refractivity contribution >= 4 is 33.1 Å². The van der Waals surface area contributed by atoms with Crippen molar-refractivity contribution in [3.05, 3.63) is 77.3 Å². The monoisotopic (exact) mass is 431 g/mol. The van der Waals surface area contributed by atoms with E-state index in [0.29, 0.717) is 6.54 Å². The maximum Gasteiger partial charge on any atom is 0.261 e. The molecule has 1 aliphatic heterocycles. The molecule has 1 aliphatic rings. The maximum absolute atomic E-state index is 13.0. The molecule has 1 fully saturated rings. The lowest BCUT2D eigenvalue weighted by molar-refractivity contribution is 0.0958. The second kappa shape index (κ2) is 8.96. The molecule has 0 saturated carbocycles. The Morgan fingerprint density at radius 2 is 1.84 bits per heavy atom. The Hall–Kier alpha value is -3.09. The molecule has 5 nitrogen and oxygen atoms in total. The summed E-state index contributed by atoms with van der Waals surface area (Å²) in [6, 6.07) is 20.6. The fourth-order valence-corrected chi connectivity index (χ4v) is 5.20. The van der Waals surface area contributed by atoms with Crippen LogP contribution >= 0.6 is 11.3 Å². The Labute approximate surface area is 185 Å². The number of hydrogen-bond donors (Lipinski definition) is 2. The SMILES string of the molecule is O=C(NCCc1c[nH]c2ccccc12)c1cc(-c2ccccc2)c(N2CCOCC2)s1. The van der Waals surface area contributed by atoms with Crippen LogP contribution in [0.4, 0.5) is 5.00 Å². The van der Waals surface area contributed by atoms with Gasteiger partial charge in [-0.1, -0.05) is 48.5 Å². The first-order valence-corrected chi connectivity index (χ1v) is 11.5. The summed E-state index contributed by atoms with van der Waals surface area (Å²) in [6.45, 7) is 3.74. The molecule has 0 atom stereocenters. The predicted molar refractivity (Wildman–Crippen MR) is 127 cm³/mol. The lowest BCUT2D eigenvalue weighted by atomic mass is 10.1. The van der Waals surface area contributed by atoms with Crippen LogP contribution in [0.15, 0.2) is 66.9 Å². The van der Waals surface area contributed by atoms with Gasteiger partial charge >= 0.3 is 0 Å². The molecular weight excluding hydrogens is 406 g/mol. The first-order valence-electron chi connectivity index (χ1n) is 10.6. The molecule has 31 heavy (non-hydrogen) atoms. The molecule has 2 aromatic carbocycles. The Kier molecular flexibility index (Phi) is 5.74. The number of rotatable bonds is 6. The highest BCUT2D eigenvalue weighted by molar-refractivity contribution is 7.18. The van der Waals surface area contributed by atoms with Crippen LogP contribution in [-0.2, 0) is 11.2 Å². The summed E-state index contributed by atoms with van der Waals surface area (Å²) in [5, 5.41) is 5.48. The van der Waals surface area contributed by atoms with Crippen molar-refractivity contribution < 1.29 is 9.53 Å². The number of nitrogens with zero attached hydrogens (tertiary/aromatic N) is 1. The standard InChI is InChI=1S/C25H25N3O2S/c29-24(26-11-10-19-17-27-22-9-5-4-8-20(19)22)23-16-21(18-6-2-1-3-7-18)25(31-23)28-12-14-30-15-13-28/h1-9,16-17,27H,10-15H2,(H,26,29). The van der Waals surface area contributed by atoms with E-state index in [1.54, 1.807) is 11.3 Å². The fourth-order valence-electron chi connectivity index (χ4n) is 4.06. The molecule has 2 N–H and O–H groups in total. The minimum Gasteiger partial charge on any atom is -0.378 e. The largest absolute Gasteiger partial charge is 0.378 e. The number of hydrogen-bond acceptors (Lipinski definition) is 4. The van der Waals surface area contributed by atoms with Gasteiger partial charge in [0.1, 0.15) is 0 Å². The zero-order chi connectivity index (χ0) is 21.0. The molecule has 0 spiro atoms. The molecule has 0 bridgehead atoms. The van der Waals surface area contributed by atoms with Crippen LogP contribution in [-0.4, -0.2) is 43.7 Å². The number of para-hydroxylation sites is 1. The maximum atomic E-state index is 13.0. The molecule has 1 amide bonds. The van der Waals surface area contributed by atoms with Crippen molar-refractivity contribution in [1.82, 2.24) is 10.3 Å². The highest BCUT2D eigenvalue weighted by Crippen LogP contribution is 2.39. The van der Waals surface area contributed by atoms with E-state index in [0.717, 1.165) is 59.2 Å². The van der Waals surface area contributed by atoms with Gasteiger partial charge in [0.05, 0.1) is 23.1 Å². The summed E-state index contributed by atoms with van der Waals surface area (Å²) >= 11 is 1.57. The third-order valence-electron chi connectivity index (χ3n) is 5.67. The number of amides is 1. The van der Waals surface area contributed by atoms with Gasteiger partial charge in [0.15, 0.2) is 0 Å². The van der Waals surface area contributed by atoms with Gasteiger partial charge in [-0.2, -0.15) is 0 Å². The van der Waals surface area contributed by atoms with Crippen LogP contribution in [0.2, 0.25) is 0 Å². The van der Waals surface area contributed by atoms with Gasteiger partial charge in [0.25, 0.3) is 5.91 Å². The van der Waals surface area contributed by atoms with Crippen LogP contribution in [0.1, 0.15) is 15.2 Å². The normalized spacial score (nSPS) is 14.1. The van der Waals surface area contributed by atoms with E-state index in [1.165, 1.54) is 10.9 Å². The predicted octanol–water partition coefficient (Wildman–Crippen LogP) is 4.71. The highest BCUT2D eigenvalue weighted by Gasteiger charge is 2.21. The minimum atomic E-state index is -0.0125. The number of benzene rings is 2. The van der Waals surface area contributed by atoms with Gasteiger partial charge in [0, 0.05) is 42.3 Å². The summed E-state index contributed by atoms with van der Waals surface area (Å²) in [5.74, 6) is -0.0125. The number of nitrogens with one attached hydrogen (secondary N) is 2. The molecule has 3 heterocycles. The van der Waals surface area contributed by atoms with E-state index in [2.05, 4.69) is 39.5 Å². The number of morpholine rings is 1. The number of aromatic nitrogens is 1. The smallest absolute Gasteiger partial charge is 0.261 e. The number of carbonyl (C=O) groups is 1. The Bertz CT molecular complexity index is 1180. The highest BCUT2D eigenvalue weighted by atomic mass is 32.1. The van der Waals surface area contributed by atoms with E-state index in [-0.39, 0.29) is 5.91 Å². The van der Waals surface area contributed by atoms with Crippen molar-refractivity contribution in [2.24, 2.45) is 0 Å². The zero-order valence-electron chi connectivity index (χ0n) is 17.3. The average Bonchev–Trinajstić information content (AvgIpc) is 3.45. The van der Waals surface area contributed by atoms with Gasteiger partial charge in [-0.3, -0.25) is 4.79 Å². The van der Waals surface area contributed by atoms with E-state index in [4.69, 9.17) is 4.74 Å². The summed E-state index contributed by atoms with van der Waals surface area (Å²) in [5.41, 5.74) is 4.61. The summed E-state index contributed by atoms with van der Waals surface area (Å²) in [4.78, 5) is 19.3. The molecule has 1 saturated heterocycles. The van der Waals surface area contributed by atoms with Gasteiger partial charge < -0.3 is 19.9 Å². The number of anilines is 1. The second-order valence-corrected chi connectivity index (χ2v) is 8.69. The van der Waals surface area contributed by atoms with Crippen molar-refractivity contribution in [3.63, 3.8) is 0 Å². The van der Waals surface area contributed by atoms with Gasteiger partial charge in [-0.25, -0.2) is 0 Å². The molecule has 6 heteroatoms. The third kappa shape index (κ3) is 4.22. The average molecular weight is 432 g/mol. The number of ether oxygens (including phenoxy) is 1. The van der Waals surface area contributed by atoms with Crippen LogP contribution in [0.25, 0.3) is 22.0 Å². The Morgan fingerprint density at radius 3 is 2.68 bits per heavy atom. The molecule has 0 unspecified atom stereocenters. The summed E-state index contributed by atoms with van der Waals surface area (Å²) < 4.78 is 5.52. The van der Waals surface area contributed by atoms with Crippen LogP contribution in [0.5, 0.6) is 0 Å². The van der Waals surface area contributed by atoms with Crippen LogP contribution < -0.4 is 10.2 Å². The number of H-pyrrole nitrogens is 1. The minimum absolute atomic E-state index is 0.0125. The topological polar surface area (TPSA) is 57.4 Å². The summed E-state index contributed by atoms with van der Waals surface area (Å²) in [7, 11) is 0. The molecule has 0 radical (unpaired) electrons. The van der Waals surface area contributed by atoms with Gasteiger partial charge in [-0.15, -0.1) is 11.3 Å². The van der Waals surface area contributed by atoms with Gasteiger partial charge in [0.2, 0.25) is 0 Å². The molecule has 158 valence electrons. The molecular formula is C25H25N3O2S. The van der Waals surface area contributed by atoms with Crippen molar-refractivity contribution in [3.8, 4) is 11.1 Å². The summed E-state index contributed by atoms with van der Waals surface area (Å²) in [6.07, 6.45) is 2.83. The van der Waals surface area contributed by atoms with Crippen molar-refractivity contribution in [2.75, 3.05) is 37.7 Å². The van der Waals surface area contributed by atoms with E-state index in [1.807, 2.05) is 42.6 Å². The number of thiophene rings is 1. The zero-order valence-corrected chi connectivity index (χ0v) is 18.1. The van der Waals surface area contributed by atoms with Crippen molar-refractivity contribution in [2.45, 2.75) is 6.42 Å². The quantitative estimate of drug-likeness (QED) is 0.465. The molecule has 2 aromatic heterocycles. The number of carbonyl (C=O) groups excluding carboxylic acids is 1. The lowest BCUT2D eigenvalue weighted by Crippen LogP contribution is -2.35. The molecule has 5 rings (SSSR count). The first-order chi connectivity index (χ1) is 15.3. The Balaban J connectivity index is 1.33. The lowest BCUT2D eigenvalue weighted by Gasteiger charge is -2.28. The number of aromatic amines is 1. The van der Waals surface area contributed by atoms with Crippen LogP contribution in [0, 0.1) is 0 Å². The second-order valence-electron chi connectivity index (χ2n) is 7.66. The van der Waals surface area contributed by atoms with Crippen molar-refractivity contribution in [1.29, 1.82) is 0 Å². The first kappa shape index (κ1) is 19.8. The van der Waals surface area contributed by atoms with E-state index >= 15 is 0 Å². The van der Waals surface area contributed by atoms with Gasteiger partial charge in [-0.05, 0) is 29.7 Å². The number of fused-ring (bicyclic) bond motifs is 1. The van der Waals surface area contributed by atoms with E-state index < -0.39 is 0 Å². The van der Waals surface area contributed by atoms with E-state index in [9.17, 15) is 4.79 Å². The molecule has 0 aliphatic carbocycles. The molecule has 4 aromatic rings. The fraction of sp³-hybridized carbons (Fsp3) is 0.240.